The molecular formula is C27H33ClN6O3. The molecule has 2 aromatic heterocycles. The van der Waals surface area contributed by atoms with Gasteiger partial charge in [-0.25, -0.2) is 4.98 Å². The Morgan fingerprint density at radius 2 is 2.00 bits per heavy atom. The number of halogens is 1. The van der Waals surface area contributed by atoms with Crippen molar-refractivity contribution in [2.75, 3.05) is 49.6 Å². The maximum absolute atomic E-state index is 13.0. The molecule has 1 aliphatic carbocycles. The molecule has 0 unspecified atom stereocenters. The number of carbonyl (C=O) groups is 1. The standard InChI is InChI=1S/C27H33ClN6O3/c1-16-24(20-4-5-32(3)31-20)25(16)26(36)30-23-12-17-11-21(19(28)10-18(17)13-29-23)33-6-8-34(9-7-33)27(2)15-37-14-22(27)35/h4-5,10-13,16,22,24-25,35H,6-9,14-15H2,1-3H3,(H,29,30,36)/t16-,22+,24+,25-,27-/m1/s1. The summed E-state index contributed by atoms with van der Waals surface area (Å²) < 4.78 is 7.30. The van der Waals surface area contributed by atoms with E-state index in [-0.39, 0.29) is 29.2 Å². The number of ether oxygens (including phenoxy) is 1. The average molecular weight is 525 g/mol. The molecule has 6 rings (SSSR count). The number of hydrogen-bond acceptors (Lipinski definition) is 7. The molecule has 37 heavy (non-hydrogen) atoms. The Bertz CT molecular complexity index is 1340. The van der Waals surface area contributed by atoms with Crippen LogP contribution in [0.5, 0.6) is 0 Å². The molecule has 0 spiro atoms. The fourth-order valence-corrected chi connectivity index (χ4v) is 6.31. The summed E-state index contributed by atoms with van der Waals surface area (Å²) in [7, 11) is 1.89. The fraction of sp³-hybridized carbons (Fsp3) is 0.519. The summed E-state index contributed by atoms with van der Waals surface area (Å²) in [5.74, 6) is 0.808. The summed E-state index contributed by atoms with van der Waals surface area (Å²) in [5, 5.41) is 20.5. The Hall–Kier alpha value is -2.72. The van der Waals surface area contributed by atoms with Gasteiger partial charge in [0, 0.05) is 56.9 Å². The molecular weight excluding hydrogens is 492 g/mol. The number of piperazine rings is 1. The summed E-state index contributed by atoms with van der Waals surface area (Å²) in [4.78, 5) is 22.1. The number of amides is 1. The van der Waals surface area contributed by atoms with Crippen molar-refractivity contribution < 1.29 is 14.6 Å². The van der Waals surface area contributed by atoms with E-state index in [1.807, 2.05) is 31.4 Å². The van der Waals surface area contributed by atoms with Gasteiger partial charge in [0.25, 0.3) is 0 Å². The molecule has 3 aromatic rings. The van der Waals surface area contributed by atoms with Crippen molar-refractivity contribution in [3.05, 3.63) is 47.4 Å². The molecule has 9 nitrogen and oxygen atoms in total. The number of pyridine rings is 1. The maximum Gasteiger partial charge on any atom is 0.229 e. The van der Waals surface area contributed by atoms with E-state index in [0.717, 1.165) is 48.3 Å². The molecule has 10 heteroatoms. The number of fused-ring (bicyclic) bond motifs is 1. The number of aromatic nitrogens is 3. The monoisotopic (exact) mass is 524 g/mol. The Labute approximate surface area is 221 Å². The molecule has 2 N–H and O–H groups in total. The van der Waals surface area contributed by atoms with E-state index < -0.39 is 6.10 Å². The lowest BCUT2D eigenvalue weighted by molar-refractivity contribution is -0.117. The third kappa shape index (κ3) is 4.37. The van der Waals surface area contributed by atoms with Crippen molar-refractivity contribution in [3.8, 4) is 0 Å². The number of benzene rings is 1. The molecule has 2 saturated heterocycles. The Morgan fingerprint density at radius 3 is 2.68 bits per heavy atom. The van der Waals surface area contributed by atoms with Crippen LogP contribution in [0.25, 0.3) is 10.8 Å². The van der Waals surface area contributed by atoms with E-state index in [9.17, 15) is 9.90 Å². The van der Waals surface area contributed by atoms with Crippen LogP contribution in [-0.2, 0) is 16.6 Å². The van der Waals surface area contributed by atoms with Crippen LogP contribution in [0.2, 0.25) is 5.02 Å². The second kappa shape index (κ2) is 9.23. The van der Waals surface area contributed by atoms with Gasteiger partial charge in [0.15, 0.2) is 0 Å². The predicted molar refractivity (Wildman–Crippen MR) is 143 cm³/mol. The zero-order chi connectivity index (χ0) is 25.9. The second-order valence-corrected chi connectivity index (χ2v) is 11.3. The van der Waals surface area contributed by atoms with E-state index in [0.29, 0.717) is 24.1 Å². The van der Waals surface area contributed by atoms with Gasteiger partial charge in [-0.1, -0.05) is 18.5 Å². The van der Waals surface area contributed by atoms with Gasteiger partial charge in [0.2, 0.25) is 5.91 Å². The number of anilines is 2. The normalized spacial score (nSPS) is 30.1. The maximum atomic E-state index is 13.0. The quantitative estimate of drug-likeness (QED) is 0.530. The van der Waals surface area contributed by atoms with Crippen LogP contribution in [0.15, 0.2) is 36.7 Å². The van der Waals surface area contributed by atoms with Crippen molar-refractivity contribution >= 4 is 39.8 Å². The van der Waals surface area contributed by atoms with Gasteiger partial charge in [0.1, 0.15) is 5.82 Å². The first-order valence-electron chi connectivity index (χ1n) is 12.9. The lowest BCUT2D eigenvalue weighted by Gasteiger charge is -2.45. The van der Waals surface area contributed by atoms with Crippen LogP contribution in [0.1, 0.15) is 25.5 Å². The SMILES string of the molecule is C[C@H]1[C@@H](C(=O)Nc2cc3cc(N4CCN([C@]5(C)COC[C@@H]5O)CC4)c(Cl)cc3cn2)[C@@H]1c1ccn(C)n1. The summed E-state index contributed by atoms with van der Waals surface area (Å²) in [5.41, 5.74) is 1.59. The summed E-state index contributed by atoms with van der Waals surface area (Å²) in [6.45, 7) is 8.35. The minimum atomic E-state index is -0.470. The number of nitrogens with zero attached hydrogens (tertiary/aromatic N) is 5. The Kier molecular flexibility index (Phi) is 6.14. The molecule has 2 aliphatic heterocycles. The van der Waals surface area contributed by atoms with Gasteiger partial charge in [-0.2, -0.15) is 5.10 Å². The van der Waals surface area contributed by atoms with Crippen molar-refractivity contribution in [3.63, 3.8) is 0 Å². The zero-order valence-electron chi connectivity index (χ0n) is 21.4. The number of rotatable bonds is 5. The number of carbonyl (C=O) groups excluding carboxylic acids is 1. The van der Waals surface area contributed by atoms with Crippen molar-refractivity contribution in [2.24, 2.45) is 18.9 Å². The molecule has 4 heterocycles. The smallest absolute Gasteiger partial charge is 0.229 e. The third-order valence-electron chi connectivity index (χ3n) is 8.53. The van der Waals surface area contributed by atoms with Gasteiger partial charge in [-0.05, 0) is 42.5 Å². The molecule has 0 radical (unpaired) electrons. The first-order chi connectivity index (χ1) is 17.7. The van der Waals surface area contributed by atoms with Crippen molar-refractivity contribution in [1.29, 1.82) is 0 Å². The van der Waals surface area contributed by atoms with E-state index >= 15 is 0 Å². The van der Waals surface area contributed by atoms with Gasteiger partial charge in [0.05, 0.1) is 47.2 Å². The Morgan fingerprint density at radius 1 is 1.22 bits per heavy atom. The highest BCUT2D eigenvalue weighted by atomic mass is 35.5. The average Bonchev–Trinajstić information content (AvgIpc) is 3.15. The van der Waals surface area contributed by atoms with Gasteiger partial charge < -0.3 is 20.1 Å². The van der Waals surface area contributed by atoms with Crippen LogP contribution < -0.4 is 10.2 Å². The Balaban J connectivity index is 1.16. The van der Waals surface area contributed by atoms with E-state index in [4.69, 9.17) is 16.3 Å². The minimum Gasteiger partial charge on any atom is -0.389 e. The van der Waals surface area contributed by atoms with E-state index in [1.165, 1.54) is 0 Å². The highest BCUT2D eigenvalue weighted by Crippen LogP contribution is 2.53. The van der Waals surface area contributed by atoms with Crippen molar-refractivity contribution in [1.82, 2.24) is 19.7 Å². The highest BCUT2D eigenvalue weighted by Gasteiger charge is 2.53. The molecule has 196 valence electrons. The molecule has 1 aromatic carbocycles. The predicted octanol–water partition coefficient (Wildman–Crippen LogP) is 2.88. The molecule has 0 bridgehead atoms. The lowest BCUT2D eigenvalue weighted by Crippen LogP contribution is -2.60. The minimum absolute atomic E-state index is 0.0214. The summed E-state index contributed by atoms with van der Waals surface area (Å²) >= 11 is 6.70. The molecule has 3 aliphatic rings. The summed E-state index contributed by atoms with van der Waals surface area (Å²) in [6.07, 6.45) is 3.20. The number of nitrogens with one attached hydrogen (secondary N) is 1. The van der Waals surface area contributed by atoms with Crippen LogP contribution in [0, 0.1) is 11.8 Å². The number of aryl methyl sites for hydroxylation is 1. The number of aliphatic hydroxyl groups excluding tert-OH is 1. The van der Waals surface area contributed by atoms with Gasteiger partial charge in [-0.3, -0.25) is 14.4 Å². The first kappa shape index (κ1) is 24.6. The number of hydrogen-bond donors (Lipinski definition) is 2. The zero-order valence-corrected chi connectivity index (χ0v) is 22.1. The van der Waals surface area contributed by atoms with Crippen LogP contribution >= 0.6 is 11.6 Å². The third-order valence-corrected chi connectivity index (χ3v) is 8.83. The first-order valence-corrected chi connectivity index (χ1v) is 13.3. The molecule has 1 amide bonds. The van der Waals surface area contributed by atoms with Crippen LogP contribution in [0.3, 0.4) is 0 Å². The molecule has 3 fully saturated rings. The number of aliphatic hydroxyl groups is 1. The van der Waals surface area contributed by atoms with Crippen molar-refractivity contribution in [2.45, 2.75) is 31.4 Å². The molecule has 1 saturated carbocycles. The highest BCUT2D eigenvalue weighted by molar-refractivity contribution is 6.34. The van der Waals surface area contributed by atoms with E-state index in [2.05, 4.69) is 45.1 Å². The van der Waals surface area contributed by atoms with Gasteiger partial charge >= 0.3 is 0 Å². The fourth-order valence-electron chi connectivity index (χ4n) is 6.02. The van der Waals surface area contributed by atoms with Crippen LogP contribution in [0.4, 0.5) is 11.5 Å². The lowest BCUT2D eigenvalue weighted by atomic mass is 9.95. The van der Waals surface area contributed by atoms with Gasteiger partial charge in [-0.15, -0.1) is 0 Å². The summed E-state index contributed by atoms with van der Waals surface area (Å²) in [6, 6.07) is 7.92. The second-order valence-electron chi connectivity index (χ2n) is 10.9. The topological polar surface area (TPSA) is 95.8 Å². The van der Waals surface area contributed by atoms with Crippen LogP contribution in [-0.4, -0.2) is 81.7 Å². The molecule has 5 atom stereocenters. The largest absolute Gasteiger partial charge is 0.389 e. The van der Waals surface area contributed by atoms with E-state index in [1.54, 1.807) is 10.9 Å².